The molecule has 106 valence electrons. The Kier molecular flexibility index (Phi) is 4.01. The first kappa shape index (κ1) is 14.4. The number of benzene rings is 1. The zero-order valence-corrected chi connectivity index (χ0v) is 11.4. The van der Waals surface area contributed by atoms with E-state index in [4.69, 9.17) is 5.26 Å². The molecule has 1 aliphatic rings. The Hall–Kier alpha value is -1.98. The van der Waals surface area contributed by atoms with Crippen LogP contribution in [0.4, 0.5) is 5.69 Å². The summed E-state index contributed by atoms with van der Waals surface area (Å²) >= 11 is 0. The van der Waals surface area contributed by atoms with Crippen LogP contribution in [0.1, 0.15) is 19.3 Å². The monoisotopic (exact) mass is 295 g/mol. The molecule has 0 spiro atoms. The van der Waals surface area contributed by atoms with Crippen molar-refractivity contribution in [3.8, 4) is 6.07 Å². The van der Waals surface area contributed by atoms with Gasteiger partial charge in [0.25, 0.3) is 5.69 Å². The molecule has 1 unspecified atom stereocenters. The van der Waals surface area contributed by atoms with Crippen molar-refractivity contribution in [2.45, 2.75) is 30.2 Å². The highest BCUT2D eigenvalue weighted by molar-refractivity contribution is 7.89. The van der Waals surface area contributed by atoms with Gasteiger partial charge in [0.1, 0.15) is 6.04 Å². The number of hydrogen-bond acceptors (Lipinski definition) is 5. The molecule has 1 fully saturated rings. The van der Waals surface area contributed by atoms with Gasteiger partial charge in [-0.05, 0) is 25.3 Å². The molecule has 0 saturated carbocycles. The molecule has 0 amide bonds. The second-order valence-corrected chi connectivity index (χ2v) is 6.40. The fourth-order valence-electron chi connectivity index (χ4n) is 2.21. The van der Waals surface area contributed by atoms with Crippen LogP contribution in [0.15, 0.2) is 29.2 Å². The average molecular weight is 295 g/mol. The molecule has 2 rings (SSSR count). The summed E-state index contributed by atoms with van der Waals surface area (Å²) in [7, 11) is -3.87. The summed E-state index contributed by atoms with van der Waals surface area (Å²) in [5.41, 5.74) is -0.281. The average Bonchev–Trinajstić information content (AvgIpc) is 2.47. The van der Waals surface area contributed by atoms with E-state index in [0.717, 1.165) is 16.8 Å². The summed E-state index contributed by atoms with van der Waals surface area (Å²) in [6.45, 7) is 0.267. The third-order valence-corrected chi connectivity index (χ3v) is 5.14. The molecule has 0 N–H and O–H groups in total. The van der Waals surface area contributed by atoms with Crippen molar-refractivity contribution in [3.05, 3.63) is 34.4 Å². The number of piperidine rings is 1. The second kappa shape index (κ2) is 5.56. The molecular weight excluding hydrogens is 282 g/mol. The molecule has 0 aromatic heterocycles. The number of nitriles is 1. The van der Waals surface area contributed by atoms with Gasteiger partial charge >= 0.3 is 0 Å². The zero-order chi connectivity index (χ0) is 14.8. The molecule has 1 aromatic carbocycles. The van der Waals surface area contributed by atoms with Gasteiger partial charge < -0.3 is 0 Å². The topological polar surface area (TPSA) is 104 Å². The van der Waals surface area contributed by atoms with Crippen LogP contribution >= 0.6 is 0 Å². The van der Waals surface area contributed by atoms with E-state index in [0.29, 0.717) is 12.8 Å². The lowest BCUT2D eigenvalue weighted by Crippen LogP contribution is -2.42. The van der Waals surface area contributed by atoms with Gasteiger partial charge in [-0.3, -0.25) is 10.1 Å². The quantitative estimate of drug-likeness (QED) is 0.623. The molecule has 20 heavy (non-hydrogen) atoms. The predicted octanol–water partition coefficient (Wildman–Crippen LogP) is 1.66. The highest BCUT2D eigenvalue weighted by atomic mass is 32.2. The number of nitrogens with zero attached hydrogens (tertiary/aromatic N) is 3. The molecule has 1 atom stereocenters. The Balaban J connectivity index is 2.42. The predicted molar refractivity (Wildman–Crippen MR) is 70.2 cm³/mol. The van der Waals surface area contributed by atoms with Crippen LogP contribution in [0.5, 0.6) is 0 Å². The Bertz CT molecular complexity index is 666. The van der Waals surface area contributed by atoms with Crippen LogP contribution in [0.2, 0.25) is 0 Å². The van der Waals surface area contributed by atoms with E-state index in [1.54, 1.807) is 0 Å². The Morgan fingerprint density at radius 1 is 1.40 bits per heavy atom. The van der Waals surface area contributed by atoms with Gasteiger partial charge in [0.2, 0.25) is 10.0 Å². The summed E-state index contributed by atoms with van der Waals surface area (Å²) in [4.78, 5) is 9.94. The van der Waals surface area contributed by atoms with Gasteiger partial charge in [-0.1, -0.05) is 6.07 Å². The maximum atomic E-state index is 12.5. The van der Waals surface area contributed by atoms with E-state index in [1.807, 2.05) is 6.07 Å². The Morgan fingerprint density at radius 3 is 2.80 bits per heavy atom. The molecule has 7 nitrogen and oxygen atoms in total. The first-order chi connectivity index (χ1) is 9.46. The third kappa shape index (κ3) is 2.64. The van der Waals surface area contributed by atoms with Crippen LogP contribution in [0, 0.1) is 21.4 Å². The van der Waals surface area contributed by atoms with Crippen LogP contribution in [-0.2, 0) is 10.0 Å². The highest BCUT2D eigenvalue weighted by Gasteiger charge is 2.34. The summed E-state index contributed by atoms with van der Waals surface area (Å²) in [6.07, 6.45) is 1.98. The minimum atomic E-state index is -3.87. The molecule has 0 radical (unpaired) electrons. The molecule has 1 aromatic rings. The Labute approximate surface area is 116 Å². The lowest BCUT2D eigenvalue weighted by atomic mass is 10.1. The van der Waals surface area contributed by atoms with E-state index in [1.165, 1.54) is 18.2 Å². The van der Waals surface area contributed by atoms with Crippen molar-refractivity contribution in [3.63, 3.8) is 0 Å². The van der Waals surface area contributed by atoms with E-state index in [9.17, 15) is 18.5 Å². The molecule has 0 bridgehead atoms. The normalized spacial score (nSPS) is 20.2. The van der Waals surface area contributed by atoms with Crippen molar-refractivity contribution in [2.24, 2.45) is 0 Å². The lowest BCUT2D eigenvalue weighted by Gasteiger charge is -2.30. The number of rotatable bonds is 3. The second-order valence-electron chi connectivity index (χ2n) is 4.51. The number of nitro benzene ring substituents is 1. The minimum Gasteiger partial charge on any atom is -0.258 e. The SMILES string of the molecule is N#CC1CCCCN1S(=O)(=O)c1cccc([N+](=O)[O-])c1. The summed E-state index contributed by atoms with van der Waals surface area (Å²) in [6, 6.07) is 6.18. The van der Waals surface area contributed by atoms with Gasteiger partial charge in [0, 0.05) is 18.7 Å². The zero-order valence-electron chi connectivity index (χ0n) is 10.6. The molecule has 1 aliphatic heterocycles. The maximum absolute atomic E-state index is 12.5. The van der Waals surface area contributed by atoms with E-state index < -0.39 is 21.0 Å². The van der Waals surface area contributed by atoms with Crippen LogP contribution in [0.3, 0.4) is 0 Å². The molecule has 8 heteroatoms. The summed E-state index contributed by atoms with van der Waals surface area (Å²) < 4.78 is 26.1. The third-order valence-electron chi connectivity index (χ3n) is 3.24. The first-order valence-corrected chi connectivity index (χ1v) is 7.57. The summed E-state index contributed by atoms with van der Waals surface area (Å²) in [5, 5.41) is 19.8. The van der Waals surface area contributed by atoms with Gasteiger partial charge in [-0.25, -0.2) is 8.42 Å². The largest absolute Gasteiger partial charge is 0.270 e. The van der Waals surface area contributed by atoms with Crippen molar-refractivity contribution in [1.82, 2.24) is 4.31 Å². The minimum absolute atomic E-state index is 0.145. The van der Waals surface area contributed by atoms with Crippen molar-refractivity contribution in [2.75, 3.05) is 6.54 Å². The lowest BCUT2D eigenvalue weighted by molar-refractivity contribution is -0.385. The fraction of sp³-hybridized carbons (Fsp3) is 0.417. The van der Waals surface area contributed by atoms with Gasteiger partial charge in [-0.15, -0.1) is 0 Å². The van der Waals surface area contributed by atoms with E-state index >= 15 is 0 Å². The first-order valence-electron chi connectivity index (χ1n) is 6.13. The number of hydrogen-bond donors (Lipinski definition) is 0. The standard InChI is InChI=1S/C12H13N3O4S/c13-9-11-4-1-2-7-14(11)20(18,19)12-6-3-5-10(8-12)15(16)17/h3,5-6,8,11H,1-2,4,7H2. The molecule has 1 heterocycles. The maximum Gasteiger partial charge on any atom is 0.270 e. The van der Waals surface area contributed by atoms with Crippen LogP contribution in [-0.4, -0.2) is 30.2 Å². The number of nitro groups is 1. The fourth-order valence-corrected chi connectivity index (χ4v) is 3.86. The molecule has 0 aliphatic carbocycles. The molecule has 1 saturated heterocycles. The van der Waals surface area contributed by atoms with Gasteiger partial charge in [-0.2, -0.15) is 9.57 Å². The van der Waals surface area contributed by atoms with E-state index in [2.05, 4.69) is 0 Å². The number of sulfonamides is 1. The van der Waals surface area contributed by atoms with Crippen molar-refractivity contribution in [1.29, 1.82) is 5.26 Å². The summed E-state index contributed by atoms with van der Waals surface area (Å²) in [5.74, 6) is 0. The van der Waals surface area contributed by atoms with Crippen molar-refractivity contribution < 1.29 is 13.3 Å². The van der Waals surface area contributed by atoms with Crippen LogP contribution in [0.25, 0.3) is 0 Å². The van der Waals surface area contributed by atoms with E-state index in [-0.39, 0.29) is 17.1 Å². The van der Waals surface area contributed by atoms with Crippen LogP contribution < -0.4 is 0 Å². The smallest absolute Gasteiger partial charge is 0.258 e. The number of non-ortho nitro benzene ring substituents is 1. The van der Waals surface area contributed by atoms with Gasteiger partial charge in [0.05, 0.1) is 15.9 Å². The highest BCUT2D eigenvalue weighted by Crippen LogP contribution is 2.26. The molecular formula is C12H13N3O4S. The van der Waals surface area contributed by atoms with Crippen molar-refractivity contribution >= 4 is 15.7 Å². The Morgan fingerprint density at radius 2 is 2.15 bits per heavy atom. The van der Waals surface area contributed by atoms with Gasteiger partial charge in [0.15, 0.2) is 0 Å².